The number of carbonyl (C=O) groups excluding carboxylic acids is 3. The zero-order chi connectivity index (χ0) is 26.3. The van der Waals surface area contributed by atoms with Crippen molar-refractivity contribution in [3.63, 3.8) is 0 Å². The van der Waals surface area contributed by atoms with Gasteiger partial charge in [-0.25, -0.2) is 13.2 Å². The van der Waals surface area contributed by atoms with Crippen LogP contribution in [0.25, 0.3) is 0 Å². The van der Waals surface area contributed by atoms with E-state index in [2.05, 4.69) is 20.3 Å². The molecule has 3 heterocycles. The van der Waals surface area contributed by atoms with Crippen LogP contribution in [0.4, 0.5) is 9.80 Å². The van der Waals surface area contributed by atoms with Crippen molar-refractivity contribution in [3.05, 3.63) is 45.8 Å². The van der Waals surface area contributed by atoms with Crippen molar-refractivity contribution in [1.82, 2.24) is 14.5 Å². The van der Waals surface area contributed by atoms with Gasteiger partial charge < -0.3 is 19.7 Å². The van der Waals surface area contributed by atoms with E-state index in [1.165, 1.54) is 39.9 Å². The summed E-state index contributed by atoms with van der Waals surface area (Å²) in [7, 11) is -0.694. The molecule has 0 unspecified atom stereocenters. The third-order valence-corrected chi connectivity index (χ3v) is 9.33. The summed E-state index contributed by atoms with van der Waals surface area (Å²) in [4.78, 5) is 40.6. The second kappa shape index (κ2) is 9.90. The van der Waals surface area contributed by atoms with Gasteiger partial charge in [-0.15, -0.1) is 11.3 Å². The minimum atomic E-state index is -3.81. The number of imide groups is 1. The number of rotatable bonds is 5. The number of amides is 3. The van der Waals surface area contributed by atoms with Gasteiger partial charge in [0.2, 0.25) is 10.0 Å². The molecule has 13 heteroatoms. The fourth-order valence-corrected chi connectivity index (χ4v) is 7.14. The van der Waals surface area contributed by atoms with Gasteiger partial charge in [0.05, 0.1) is 29.7 Å². The van der Waals surface area contributed by atoms with Crippen molar-refractivity contribution in [2.75, 3.05) is 39.4 Å². The Labute approximate surface area is 213 Å². The Morgan fingerprint density at radius 3 is 2.44 bits per heavy atom. The number of benzene rings is 1. The molecule has 36 heavy (non-hydrogen) atoms. The highest BCUT2D eigenvalue weighted by molar-refractivity contribution is 7.89. The average Bonchev–Trinajstić information content (AvgIpc) is 3.37. The number of nitrogens with one attached hydrogen (secondary N) is 2. The van der Waals surface area contributed by atoms with E-state index in [1.54, 1.807) is 13.8 Å². The lowest BCUT2D eigenvalue weighted by molar-refractivity contribution is 0.0936. The number of hydrogen-bond acceptors (Lipinski definition) is 9. The molecule has 0 bridgehead atoms. The summed E-state index contributed by atoms with van der Waals surface area (Å²) in [5, 5.41) is 5.24. The molecule has 11 nitrogen and oxygen atoms in total. The molecule has 0 atom stereocenters. The number of hydrogen-bond donors (Lipinski definition) is 2. The van der Waals surface area contributed by atoms with E-state index in [9.17, 15) is 22.8 Å². The first kappa shape index (κ1) is 26.2. The van der Waals surface area contributed by atoms with Crippen LogP contribution in [0.3, 0.4) is 0 Å². The van der Waals surface area contributed by atoms with Gasteiger partial charge in [0.15, 0.2) is 0 Å². The largest absolute Gasteiger partial charge is 0.453 e. The van der Waals surface area contributed by atoms with E-state index >= 15 is 0 Å². The van der Waals surface area contributed by atoms with E-state index in [0.29, 0.717) is 24.6 Å². The molecular weight excluding hydrogens is 508 g/mol. The molecule has 0 spiro atoms. The van der Waals surface area contributed by atoms with Gasteiger partial charge in [-0.3, -0.25) is 14.9 Å². The summed E-state index contributed by atoms with van der Waals surface area (Å²) in [6.07, 6.45) is -0.306. The van der Waals surface area contributed by atoms with Crippen LogP contribution in [-0.2, 0) is 32.5 Å². The number of sulfonamides is 1. The van der Waals surface area contributed by atoms with Crippen LogP contribution in [0, 0.1) is 0 Å². The summed E-state index contributed by atoms with van der Waals surface area (Å²) in [5.41, 5.74) is 0.556. The predicted octanol–water partition coefficient (Wildman–Crippen LogP) is 2.24. The number of nitrogens with zero attached hydrogens (tertiary/aromatic N) is 2. The number of anilines is 1. The highest BCUT2D eigenvalue weighted by Crippen LogP contribution is 2.37. The Balaban J connectivity index is 1.58. The van der Waals surface area contributed by atoms with Gasteiger partial charge >= 0.3 is 6.09 Å². The number of fused-ring (bicyclic) bond motifs is 1. The lowest BCUT2D eigenvalue weighted by Crippen LogP contribution is -2.44. The Kier molecular flexibility index (Phi) is 7.21. The van der Waals surface area contributed by atoms with Crippen molar-refractivity contribution in [2.45, 2.75) is 37.2 Å². The Morgan fingerprint density at radius 2 is 1.83 bits per heavy atom. The summed E-state index contributed by atoms with van der Waals surface area (Å²) in [6.45, 7) is 5.16. The lowest BCUT2D eigenvalue weighted by Gasteiger charge is -2.28. The zero-order valence-electron chi connectivity index (χ0n) is 20.4. The van der Waals surface area contributed by atoms with Gasteiger partial charge in [0, 0.05) is 23.5 Å². The first-order valence-corrected chi connectivity index (χ1v) is 13.4. The third kappa shape index (κ3) is 5.02. The number of methoxy groups -OCH3 is 1. The van der Waals surface area contributed by atoms with Crippen LogP contribution < -0.4 is 10.6 Å². The minimum absolute atomic E-state index is 0.0355. The first-order chi connectivity index (χ1) is 16.9. The van der Waals surface area contributed by atoms with E-state index in [0.717, 1.165) is 24.1 Å². The molecule has 2 N–H and O–H groups in total. The van der Waals surface area contributed by atoms with Crippen molar-refractivity contribution < 1.29 is 32.3 Å². The molecule has 0 saturated carbocycles. The molecule has 2 aliphatic heterocycles. The summed E-state index contributed by atoms with van der Waals surface area (Å²) < 4.78 is 37.3. The lowest BCUT2D eigenvalue weighted by atomic mass is 10.0. The smallest absolute Gasteiger partial charge is 0.413 e. The van der Waals surface area contributed by atoms with Crippen molar-refractivity contribution in [3.8, 4) is 0 Å². The number of alkyl carbamates (subject to hydrolysis) is 1. The maximum atomic E-state index is 13.1. The standard InChI is InChI=1S/C23H28N4O7S2/c1-23(2)12-34-13-27(23)36(31,32)15-7-5-14(6-8-15)19(28)24-21-18(20(29)25-22(30)33-4)16-9-10-26(3)11-17(16)35-21/h5-8H,9-13H2,1-4H3,(H,24,28)(H,25,29,30). The van der Waals surface area contributed by atoms with Gasteiger partial charge in [-0.2, -0.15) is 4.31 Å². The van der Waals surface area contributed by atoms with Crippen molar-refractivity contribution >= 4 is 44.3 Å². The van der Waals surface area contributed by atoms with Crippen LogP contribution in [0.2, 0.25) is 0 Å². The molecule has 0 aliphatic carbocycles. The Bertz CT molecular complexity index is 1300. The number of ether oxygens (including phenoxy) is 2. The topological polar surface area (TPSA) is 134 Å². The minimum Gasteiger partial charge on any atom is -0.453 e. The van der Waals surface area contributed by atoms with Gasteiger partial charge in [0.25, 0.3) is 11.8 Å². The molecule has 0 radical (unpaired) electrons. The number of likely N-dealkylation sites (N-methyl/N-ethyl adjacent to an activating group) is 1. The molecule has 1 fully saturated rings. The third-order valence-electron chi connectivity index (χ3n) is 6.15. The van der Waals surface area contributed by atoms with Crippen molar-refractivity contribution in [1.29, 1.82) is 0 Å². The molecule has 4 rings (SSSR count). The maximum absolute atomic E-state index is 13.1. The maximum Gasteiger partial charge on any atom is 0.413 e. The van der Waals surface area contributed by atoms with Crippen LogP contribution >= 0.6 is 11.3 Å². The van der Waals surface area contributed by atoms with E-state index < -0.39 is 33.5 Å². The number of thiophene rings is 1. The zero-order valence-corrected chi connectivity index (χ0v) is 22.0. The summed E-state index contributed by atoms with van der Waals surface area (Å²) >= 11 is 1.27. The second-order valence-electron chi connectivity index (χ2n) is 9.26. The van der Waals surface area contributed by atoms with Gasteiger partial charge in [-0.1, -0.05) is 0 Å². The van der Waals surface area contributed by atoms with Crippen LogP contribution in [0.5, 0.6) is 0 Å². The quantitative estimate of drug-likeness (QED) is 0.594. The van der Waals surface area contributed by atoms with Crippen molar-refractivity contribution in [2.24, 2.45) is 0 Å². The molecule has 2 aliphatic rings. The average molecular weight is 537 g/mol. The summed E-state index contributed by atoms with van der Waals surface area (Å²) in [5.74, 6) is -1.17. The molecule has 194 valence electrons. The van der Waals surface area contributed by atoms with E-state index in [4.69, 9.17) is 4.74 Å². The second-order valence-corrected chi connectivity index (χ2v) is 12.2. The summed E-state index contributed by atoms with van der Waals surface area (Å²) in [6, 6.07) is 5.58. The highest BCUT2D eigenvalue weighted by atomic mass is 32.2. The van der Waals surface area contributed by atoms with Crippen LogP contribution in [0.15, 0.2) is 29.2 Å². The fourth-order valence-electron chi connectivity index (χ4n) is 4.17. The molecule has 2 aromatic rings. The molecular formula is C23H28N4O7S2. The predicted molar refractivity (Wildman–Crippen MR) is 133 cm³/mol. The van der Waals surface area contributed by atoms with Crippen LogP contribution in [-0.4, -0.2) is 75.1 Å². The normalized spacial score (nSPS) is 17.9. The Morgan fingerprint density at radius 1 is 1.14 bits per heavy atom. The van der Waals surface area contributed by atoms with Crippen LogP contribution in [0.1, 0.15) is 45.0 Å². The van der Waals surface area contributed by atoms with E-state index in [1.807, 2.05) is 7.05 Å². The highest BCUT2D eigenvalue weighted by Gasteiger charge is 2.42. The monoisotopic (exact) mass is 536 g/mol. The molecule has 1 saturated heterocycles. The Hall–Kier alpha value is -2.84. The molecule has 1 aromatic carbocycles. The van der Waals surface area contributed by atoms with Gasteiger partial charge in [-0.05, 0) is 57.1 Å². The van der Waals surface area contributed by atoms with Gasteiger partial charge in [0.1, 0.15) is 11.7 Å². The first-order valence-electron chi connectivity index (χ1n) is 11.2. The van der Waals surface area contributed by atoms with E-state index in [-0.39, 0.29) is 22.8 Å². The fraction of sp³-hybridized carbons (Fsp3) is 0.435. The molecule has 1 aromatic heterocycles. The SMILES string of the molecule is COC(=O)NC(=O)c1c(NC(=O)c2ccc(S(=O)(=O)N3COCC3(C)C)cc2)sc2c1CCN(C)C2. The molecule has 3 amide bonds. The number of carbonyl (C=O) groups is 3.